The summed E-state index contributed by atoms with van der Waals surface area (Å²) in [6.45, 7) is 3.09. The van der Waals surface area contributed by atoms with E-state index in [0.717, 1.165) is 5.56 Å². The third-order valence-electron chi connectivity index (χ3n) is 3.95. The molecule has 0 atom stereocenters. The van der Waals surface area contributed by atoms with Crippen molar-refractivity contribution in [3.8, 4) is 0 Å². The second kappa shape index (κ2) is 6.34. The number of oxime groups is 1. The van der Waals surface area contributed by atoms with Crippen molar-refractivity contribution >= 4 is 23.5 Å². The molecule has 1 fully saturated rings. The van der Waals surface area contributed by atoms with E-state index >= 15 is 0 Å². The topological polar surface area (TPSA) is 91.8 Å². The van der Waals surface area contributed by atoms with Gasteiger partial charge < -0.3 is 15.8 Å². The number of nitrogens with two attached hydrogens (primary N) is 1. The lowest BCUT2D eigenvalue weighted by atomic mass is 9.94. The predicted octanol–water partition coefficient (Wildman–Crippen LogP) is 1.47. The highest BCUT2D eigenvalue weighted by Crippen LogP contribution is 2.35. The summed E-state index contributed by atoms with van der Waals surface area (Å²) < 4.78 is -0.379. The van der Waals surface area contributed by atoms with Crippen molar-refractivity contribution in [1.82, 2.24) is 9.88 Å². The van der Waals surface area contributed by atoms with Gasteiger partial charge in [0.1, 0.15) is 0 Å². The molecule has 0 aromatic carbocycles. The van der Waals surface area contributed by atoms with Gasteiger partial charge in [-0.3, -0.25) is 9.78 Å². The number of hydrogen-bond donors (Lipinski definition) is 2. The number of hydrogen-bond acceptors (Lipinski definition) is 5. The number of amidine groups is 1. The fraction of sp³-hybridized carbons (Fsp3) is 0.500. The van der Waals surface area contributed by atoms with Gasteiger partial charge in [-0.15, -0.1) is 0 Å². The number of carbonyl (C=O) groups excluding carboxylic acids is 1. The van der Waals surface area contributed by atoms with Gasteiger partial charge in [-0.2, -0.15) is 11.8 Å². The lowest BCUT2D eigenvalue weighted by Gasteiger charge is -2.39. The summed E-state index contributed by atoms with van der Waals surface area (Å²) in [5, 5.41) is 12.1. The number of carbonyl (C=O) groups is 1. The number of pyridine rings is 1. The van der Waals surface area contributed by atoms with E-state index in [1.165, 1.54) is 0 Å². The maximum atomic E-state index is 12.5. The Hall–Kier alpha value is -1.76. The maximum absolute atomic E-state index is 12.5. The molecule has 114 valence electrons. The Morgan fingerprint density at radius 1 is 1.48 bits per heavy atom. The first-order valence-electron chi connectivity index (χ1n) is 6.76. The largest absolute Gasteiger partial charge is 0.409 e. The first-order chi connectivity index (χ1) is 10.0. The minimum absolute atomic E-state index is 0.0135. The first kappa shape index (κ1) is 15.6. The molecule has 0 spiro atoms. The van der Waals surface area contributed by atoms with E-state index < -0.39 is 0 Å². The van der Waals surface area contributed by atoms with E-state index in [1.807, 2.05) is 19.2 Å². The Labute approximate surface area is 128 Å². The van der Waals surface area contributed by atoms with Crippen molar-refractivity contribution in [2.75, 3.05) is 19.3 Å². The normalized spacial score (nSPS) is 18.6. The van der Waals surface area contributed by atoms with Crippen LogP contribution in [0.1, 0.15) is 28.8 Å². The molecule has 1 aliphatic heterocycles. The Bertz CT molecular complexity index is 554. The van der Waals surface area contributed by atoms with Gasteiger partial charge >= 0.3 is 0 Å². The van der Waals surface area contributed by atoms with Crippen molar-refractivity contribution in [3.05, 3.63) is 29.6 Å². The summed E-state index contributed by atoms with van der Waals surface area (Å²) in [6.07, 6.45) is 6.61. The van der Waals surface area contributed by atoms with Gasteiger partial charge in [-0.1, -0.05) is 5.16 Å². The lowest BCUT2D eigenvalue weighted by molar-refractivity contribution is 0.0717. The van der Waals surface area contributed by atoms with Crippen molar-refractivity contribution in [3.63, 3.8) is 0 Å². The highest BCUT2D eigenvalue weighted by Gasteiger charge is 2.39. The van der Waals surface area contributed by atoms with Gasteiger partial charge in [0.15, 0.2) is 5.84 Å². The molecule has 1 aromatic heterocycles. The van der Waals surface area contributed by atoms with Crippen LogP contribution >= 0.6 is 11.8 Å². The molecule has 0 aliphatic carbocycles. The number of likely N-dealkylation sites (tertiary alicyclic amines) is 1. The Kier molecular flexibility index (Phi) is 4.72. The van der Waals surface area contributed by atoms with Crippen LogP contribution in [0.25, 0.3) is 0 Å². The molecular weight excluding hydrogens is 288 g/mol. The van der Waals surface area contributed by atoms with Gasteiger partial charge in [0.2, 0.25) is 0 Å². The van der Waals surface area contributed by atoms with Crippen LogP contribution in [0, 0.1) is 6.92 Å². The average Bonchev–Trinajstić information content (AvgIpc) is 2.53. The smallest absolute Gasteiger partial charge is 0.255 e. The highest BCUT2D eigenvalue weighted by molar-refractivity contribution is 8.00. The van der Waals surface area contributed by atoms with Crippen LogP contribution in [0.4, 0.5) is 0 Å². The zero-order chi connectivity index (χ0) is 15.5. The molecule has 0 saturated carbocycles. The Morgan fingerprint density at radius 2 is 2.14 bits per heavy atom. The fourth-order valence-electron chi connectivity index (χ4n) is 2.58. The summed E-state index contributed by atoms with van der Waals surface area (Å²) in [6, 6.07) is 1.84. The molecule has 21 heavy (non-hydrogen) atoms. The molecule has 1 saturated heterocycles. The lowest BCUT2D eigenvalue weighted by Crippen LogP contribution is -2.51. The maximum Gasteiger partial charge on any atom is 0.255 e. The number of nitrogens with zero attached hydrogens (tertiary/aromatic N) is 3. The number of thioether (sulfide) groups is 1. The zero-order valence-corrected chi connectivity index (χ0v) is 13.1. The monoisotopic (exact) mass is 308 g/mol. The van der Waals surface area contributed by atoms with Crippen molar-refractivity contribution in [2.24, 2.45) is 10.9 Å². The number of aryl methyl sites for hydroxylation is 1. The minimum Gasteiger partial charge on any atom is -0.409 e. The van der Waals surface area contributed by atoms with Crippen LogP contribution in [-0.2, 0) is 0 Å². The van der Waals surface area contributed by atoms with E-state index in [-0.39, 0.29) is 16.5 Å². The third kappa shape index (κ3) is 3.12. The molecule has 7 heteroatoms. The van der Waals surface area contributed by atoms with E-state index in [4.69, 9.17) is 10.9 Å². The summed E-state index contributed by atoms with van der Waals surface area (Å²) in [7, 11) is 0. The van der Waals surface area contributed by atoms with Crippen molar-refractivity contribution in [2.45, 2.75) is 24.5 Å². The van der Waals surface area contributed by atoms with Gasteiger partial charge in [-0.25, -0.2) is 0 Å². The highest BCUT2D eigenvalue weighted by atomic mass is 32.2. The third-order valence-corrected chi connectivity index (χ3v) is 5.34. The van der Waals surface area contributed by atoms with Gasteiger partial charge in [-0.05, 0) is 37.7 Å². The van der Waals surface area contributed by atoms with Gasteiger partial charge in [0, 0.05) is 25.5 Å². The number of amides is 1. The molecule has 1 aromatic rings. The van der Waals surface area contributed by atoms with Crippen LogP contribution in [0.5, 0.6) is 0 Å². The van der Waals surface area contributed by atoms with Crippen LogP contribution < -0.4 is 5.73 Å². The standard InChI is InChI=1S/C14H20N4O2S/c1-10-7-11(9-16-8-10)12(19)18-5-3-14(21-2,4-6-18)13(15)17-20/h7-9,20H,3-6H2,1-2H3,(H2,15,17). The van der Waals surface area contributed by atoms with Crippen molar-refractivity contribution in [1.29, 1.82) is 0 Å². The van der Waals surface area contributed by atoms with Gasteiger partial charge in [0.25, 0.3) is 5.91 Å². The zero-order valence-electron chi connectivity index (χ0n) is 12.2. The molecule has 1 aliphatic rings. The number of rotatable bonds is 3. The summed E-state index contributed by atoms with van der Waals surface area (Å²) in [4.78, 5) is 18.3. The van der Waals surface area contributed by atoms with Crippen LogP contribution in [0.3, 0.4) is 0 Å². The summed E-state index contributed by atoms with van der Waals surface area (Å²) in [5.74, 6) is 0.222. The van der Waals surface area contributed by atoms with Crippen LogP contribution in [0.15, 0.2) is 23.6 Å². The number of piperidine rings is 1. The predicted molar refractivity (Wildman–Crippen MR) is 83.8 cm³/mol. The van der Waals surface area contributed by atoms with Crippen LogP contribution in [-0.4, -0.2) is 50.9 Å². The van der Waals surface area contributed by atoms with E-state index in [9.17, 15) is 4.79 Å². The molecule has 1 amide bonds. The second-order valence-electron chi connectivity index (χ2n) is 5.23. The molecule has 3 N–H and O–H groups in total. The molecule has 0 bridgehead atoms. The molecule has 2 heterocycles. The molecule has 0 unspecified atom stereocenters. The van der Waals surface area contributed by atoms with Gasteiger partial charge in [0.05, 0.1) is 10.3 Å². The van der Waals surface area contributed by atoms with E-state index in [2.05, 4.69) is 10.1 Å². The Balaban J connectivity index is 2.09. The first-order valence-corrected chi connectivity index (χ1v) is 7.99. The molecule has 2 rings (SSSR count). The number of aromatic nitrogens is 1. The molecule has 0 radical (unpaired) electrons. The summed E-state index contributed by atoms with van der Waals surface area (Å²) >= 11 is 1.57. The quantitative estimate of drug-likeness (QED) is 0.382. The van der Waals surface area contributed by atoms with E-state index in [0.29, 0.717) is 31.5 Å². The average molecular weight is 308 g/mol. The summed E-state index contributed by atoms with van der Waals surface area (Å²) in [5.41, 5.74) is 7.38. The second-order valence-corrected chi connectivity index (χ2v) is 6.42. The van der Waals surface area contributed by atoms with Crippen LogP contribution in [0.2, 0.25) is 0 Å². The minimum atomic E-state index is -0.379. The SMILES string of the molecule is CSC1(C(N)=NO)CCN(C(=O)c2cncc(C)c2)CC1. The fourth-order valence-corrected chi connectivity index (χ4v) is 3.42. The molecular formula is C14H20N4O2S. The Morgan fingerprint density at radius 3 is 2.67 bits per heavy atom. The van der Waals surface area contributed by atoms with Crippen molar-refractivity contribution < 1.29 is 10.0 Å². The molecule has 6 nitrogen and oxygen atoms in total. The van der Waals surface area contributed by atoms with E-state index in [1.54, 1.807) is 29.1 Å².